The largest absolute Gasteiger partial charge is 0.408 e. The number of sulfonamides is 1. The lowest BCUT2D eigenvalue weighted by molar-refractivity contribution is -0.153. The van der Waals surface area contributed by atoms with Gasteiger partial charge in [0.05, 0.1) is 6.26 Å². The van der Waals surface area contributed by atoms with Crippen LogP contribution in [0.4, 0.5) is 13.2 Å². The second kappa shape index (κ2) is 9.32. The van der Waals surface area contributed by atoms with Crippen molar-refractivity contribution < 1.29 is 21.6 Å². The molecule has 1 aliphatic rings. The first-order valence-electron chi connectivity index (χ1n) is 9.11. The quantitative estimate of drug-likeness (QED) is 0.729. The number of likely N-dealkylation sites (tertiary alicyclic amines) is 1. The van der Waals surface area contributed by atoms with Crippen molar-refractivity contribution in [2.24, 2.45) is 11.3 Å². The van der Waals surface area contributed by atoms with E-state index in [1.165, 1.54) is 18.6 Å². The zero-order valence-electron chi connectivity index (χ0n) is 16.7. The Kier molecular flexibility index (Phi) is 8.39. The molecule has 1 unspecified atom stereocenters. The zero-order chi connectivity index (χ0) is 20.5. The Labute approximate surface area is 172 Å². The first-order valence-corrected chi connectivity index (χ1v) is 11.0. The van der Waals surface area contributed by atoms with E-state index in [4.69, 9.17) is 0 Å². The highest BCUT2D eigenvalue weighted by Gasteiger charge is 2.42. The van der Waals surface area contributed by atoms with Gasteiger partial charge in [0.15, 0.2) is 0 Å². The standard InChI is InChI=1S/C19H29F3N2O2S.ClH/c1-18(2,3)16-6-5-11-24(13-16)12-14-7-9-15(10-8-14)17(19(20,21)22)23-27(4,25)26;/h7-10,16-17,23H,5-6,11-13H2,1-4H3;1H/t16?,17-;/m0./s1. The fraction of sp³-hybridized carbons (Fsp3) is 0.684. The molecule has 1 N–H and O–H groups in total. The van der Waals surface area contributed by atoms with Crippen molar-refractivity contribution in [1.29, 1.82) is 0 Å². The van der Waals surface area contributed by atoms with Gasteiger partial charge in [-0.3, -0.25) is 4.90 Å². The smallest absolute Gasteiger partial charge is 0.299 e. The summed E-state index contributed by atoms with van der Waals surface area (Å²) < 4.78 is 63.9. The third-order valence-electron chi connectivity index (χ3n) is 5.11. The molecule has 0 aromatic heterocycles. The van der Waals surface area contributed by atoms with Gasteiger partial charge in [-0.1, -0.05) is 45.0 Å². The molecule has 1 aliphatic heterocycles. The zero-order valence-corrected chi connectivity index (χ0v) is 18.3. The van der Waals surface area contributed by atoms with Crippen LogP contribution in [-0.2, 0) is 16.6 Å². The van der Waals surface area contributed by atoms with Gasteiger partial charge in [-0.05, 0) is 41.8 Å². The Hall–Kier alpha value is -0.830. The number of benzene rings is 1. The van der Waals surface area contributed by atoms with E-state index < -0.39 is 22.2 Å². The van der Waals surface area contributed by atoms with E-state index in [9.17, 15) is 21.6 Å². The molecule has 0 amide bonds. The van der Waals surface area contributed by atoms with Crippen LogP contribution in [0.5, 0.6) is 0 Å². The summed E-state index contributed by atoms with van der Waals surface area (Å²) >= 11 is 0. The molecule has 9 heteroatoms. The van der Waals surface area contributed by atoms with Crippen molar-refractivity contribution in [2.75, 3.05) is 19.3 Å². The molecule has 1 aromatic rings. The van der Waals surface area contributed by atoms with Gasteiger partial charge in [0, 0.05) is 13.1 Å². The molecule has 0 radical (unpaired) electrons. The van der Waals surface area contributed by atoms with E-state index in [2.05, 4.69) is 25.7 Å². The maximum Gasteiger partial charge on any atom is 0.408 e. The highest BCUT2D eigenvalue weighted by atomic mass is 35.5. The van der Waals surface area contributed by atoms with Gasteiger partial charge in [0.2, 0.25) is 10.0 Å². The molecule has 1 aromatic carbocycles. The minimum absolute atomic E-state index is 0. The minimum atomic E-state index is -4.70. The number of hydrogen-bond acceptors (Lipinski definition) is 3. The van der Waals surface area contributed by atoms with E-state index in [0.717, 1.165) is 31.3 Å². The fourth-order valence-corrected chi connectivity index (χ4v) is 4.22. The summed E-state index contributed by atoms with van der Waals surface area (Å²) in [5, 5.41) is 0. The molecular formula is C19H30ClF3N2O2S. The van der Waals surface area contributed by atoms with Gasteiger partial charge >= 0.3 is 6.18 Å². The molecule has 28 heavy (non-hydrogen) atoms. The lowest BCUT2D eigenvalue weighted by Crippen LogP contribution is -2.40. The third-order valence-corrected chi connectivity index (χ3v) is 5.77. The van der Waals surface area contributed by atoms with Crippen LogP contribution in [0.25, 0.3) is 0 Å². The van der Waals surface area contributed by atoms with Crippen LogP contribution in [-0.4, -0.2) is 38.8 Å². The molecule has 2 rings (SSSR count). The van der Waals surface area contributed by atoms with Gasteiger partial charge in [0.25, 0.3) is 0 Å². The number of halogens is 4. The minimum Gasteiger partial charge on any atom is -0.299 e. The lowest BCUT2D eigenvalue weighted by Gasteiger charge is -2.39. The number of rotatable bonds is 5. The summed E-state index contributed by atoms with van der Waals surface area (Å²) in [5.74, 6) is 0.596. The number of nitrogens with one attached hydrogen (secondary N) is 1. The van der Waals surface area contributed by atoms with E-state index in [1.54, 1.807) is 16.9 Å². The Bertz CT molecular complexity index is 731. The monoisotopic (exact) mass is 442 g/mol. The van der Waals surface area contributed by atoms with E-state index >= 15 is 0 Å². The number of piperidine rings is 1. The predicted octanol–water partition coefficient (Wildman–Crippen LogP) is 4.52. The number of nitrogens with zero attached hydrogens (tertiary/aromatic N) is 1. The summed E-state index contributed by atoms with van der Waals surface area (Å²) in [6.07, 6.45) is -1.66. The molecular weight excluding hydrogens is 413 g/mol. The molecule has 2 atom stereocenters. The second-order valence-corrected chi connectivity index (χ2v) is 10.3. The molecule has 162 valence electrons. The van der Waals surface area contributed by atoms with Crippen molar-refractivity contribution >= 4 is 22.4 Å². The SMILES string of the molecule is CC(C)(C)C1CCCN(Cc2ccc([C@H](NS(C)(=O)=O)C(F)(F)F)cc2)C1.Cl. The molecule has 4 nitrogen and oxygen atoms in total. The first kappa shape index (κ1) is 25.2. The van der Waals surface area contributed by atoms with E-state index in [0.29, 0.717) is 12.5 Å². The Balaban J connectivity index is 0.00000392. The van der Waals surface area contributed by atoms with Crippen molar-refractivity contribution in [2.45, 2.75) is 52.4 Å². The van der Waals surface area contributed by atoms with Crippen molar-refractivity contribution in [1.82, 2.24) is 9.62 Å². The van der Waals surface area contributed by atoms with Crippen LogP contribution in [0, 0.1) is 11.3 Å². The molecule has 0 aliphatic carbocycles. The van der Waals surface area contributed by atoms with Gasteiger partial charge in [0.1, 0.15) is 6.04 Å². The van der Waals surface area contributed by atoms with E-state index in [1.807, 2.05) is 0 Å². The number of hydrogen-bond donors (Lipinski definition) is 1. The Morgan fingerprint density at radius 3 is 2.21 bits per heavy atom. The molecule has 1 heterocycles. The predicted molar refractivity (Wildman–Crippen MR) is 108 cm³/mol. The second-order valence-electron chi connectivity index (χ2n) is 8.55. The van der Waals surface area contributed by atoms with Gasteiger partial charge in [-0.15, -0.1) is 12.4 Å². The van der Waals surface area contributed by atoms with Crippen molar-refractivity contribution in [3.63, 3.8) is 0 Å². The molecule has 0 bridgehead atoms. The van der Waals surface area contributed by atoms with Gasteiger partial charge < -0.3 is 0 Å². The highest BCUT2D eigenvalue weighted by molar-refractivity contribution is 7.88. The number of alkyl halides is 3. The Morgan fingerprint density at radius 1 is 1.18 bits per heavy atom. The van der Waals surface area contributed by atoms with Crippen LogP contribution in [0.1, 0.15) is 50.8 Å². The lowest BCUT2D eigenvalue weighted by atomic mass is 9.76. The van der Waals surface area contributed by atoms with Crippen molar-refractivity contribution in [3.8, 4) is 0 Å². The summed E-state index contributed by atoms with van der Waals surface area (Å²) in [6.45, 7) is 9.36. The summed E-state index contributed by atoms with van der Waals surface area (Å²) in [5.41, 5.74) is 1.05. The average molecular weight is 443 g/mol. The molecule has 1 fully saturated rings. The van der Waals surface area contributed by atoms with Gasteiger partial charge in [-0.2, -0.15) is 17.9 Å². The summed E-state index contributed by atoms with van der Waals surface area (Å²) in [7, 11) is -3.99. The average Bonchev–Trinajstić information content (AvgIpc) is 2.51. The van der Waals surface area contributed by atoms with Crippen LogP contribution in [0.2, 0.25) is 0 Å². The highest BCUT2D eigenvalue weighted by Crippen LogP contribution is 2.35. The van der Waals surface area contributed by atoms with Crippen molar-refractivity contribution in [3.05, 3.63) is 35.4 Å². The maximum absolute atomic E-state index is 13.2. The summed E-state index contributed by atoms with van der Waals surface area (Å²) in [4.78, 5) is 2.34. The van der Waals surface area contributed by atoms with Crippen LogP contribution >= 0.6 is 12.4 Å². The summed E-state index contributed by atoms with van der Waals surface area (Å²) in [6, 6.07) is 3.78. The molecule has 0 saturated carbocycles. The maximum atomic E-state index is 13.2. The fourth-order valence-electron chi connectivity index (χ4n) is 3.52. The van der Waals surface area contributed by atoms with Crippen LogP contribution < -0.4 is 4.72 Å². The van der Waals surface area contributed by atoms with Crippen LogP contribution in [0.3, 0.4) is 0 Å². The Morgan fingerprint density at radius 2 is 1.75 bits per heavy atom. The molecule has 0 spiro atoms. The third kappa shape index (κ3) is 7.54. The van der Waals surface area contributed by atoms with E-state index in [-0.39, 0.29) is 23.4 Å². The topological polar surface area (TPSA) is 49.4 Å². The first-order chi connectivity index (χ1) is 12.3. The normalized spacial score (nSPS) is 20.5. The van der Waals surface area contributed by atoms with Crippen LogP contribution in [0.15, 0.2) is 24.3 Å². The molecule has 1 saturated heterocycles. The van der Waals surface area contributed by atoms with Gasteiger partial charge in [-0.25, -0.2) is 8.42 Å².